The van der Waals surface area contributed by atoms with Gasteiger partial charge in [0.05, 0.1) is 5.41 Å². The summed E-state index contributed by atoms with van der Waals surface area (Å²) in [5.41, 5.74) is 5.80. The highest BCUT2D eigenvalue weighted by Crippen LogP contribution is 2.70. The molecule has 0 aliphatic heterocycles. The average molecular weight is 633 g/mol. The molecule has 4 heteroatoms. The summed E-state index contributed by atoms with van der Waals surface area (Å²) in [6, 6.07) is 20.0. The predicted molar refractivity (Wildman–Crippen MR) is 188 cm³/mol. The largest absolute Gasteiger partial charge is 0.485 e. The molecule has 6 rings (SSSR count). The Morgan fingerprint density at radius 1 is 0.872 bits per heavy atom. The summed E-state index contributed by atoms with van der Waals surface area (Å²) >= 11 is 0. The quantitative estimate of drug-likeness (QED) is 0.272. The Hall–Kier alpha value is -3.66. The fraction of sp³-hybridized carbons (Fsp3) is 0.488. The lowest BCUT2D eigenvalue weighted by molar-refractivity contribution is -0.164. The van der Waals surface area contributed by atoms with E-state index in [1.807, 2.05) is 73.7 Å². The highest BCUT2D eigenvalue weighted by molar-refractivity contribution is 6.07. The molecule has 2 fully saturated rings. The van der Waals surface area contributed by atoms with Crippen molar-refractivity contribution >= 4 is 11.8 Å². The van der Waals surface area contributed by atoms with Gasteiger partial charge < -0.3 is 9.47 Å². The standard InChI is InChI=1S/C43H52O4/c1-8-42(6)37-20-19-33-30(3)38(46-27-31-15-11-9-12-16-31)36(44)25-34(33)41(37,5)23-24-43(42,7)35-26-40(4,22-21-29(35)2)39(45)47-28-32-17-13-10-14-18-32/h9-20,25,29,35H,8,21-24,26-28H2,1-7H3/t29-,35-,40-,41+,42-,43+/m1/s1. The van der Waals surface area contributed by atoms with Crippen molar-refractivity contribution in [3.05, 3.63) is 118 Å². The van der Waals surface area contributed by atoms with Crippen molar-refractivity contribution < 1.29 is 19.1 Å². The van der Waals surface area contributed by atoms with E-state index < -0.39 is 5.41 Å². The molecule has 47 heavy (non-hydrogen) atoms. The summed E-state index contributed by atoms with van der Waals surface area (Å²) in [7, 11) is 0. The number of carbonyl (C=O) groups excluding carboxylic acids is 2. The summed E-state index contributed by atoms with van der Waals surface area (Å²) < 4.78 is 12.1. The van der Waals surface area contributed by atoms with Gasteiger partial charge in [-0.05, 0) is 103 Å². The normalized spacial score (nSPS) is 33.6. The van der Waals surface area contributed by atoms with Crippen LogP contribution in [0.5, 0.6) is 0 Å². The van der Waals surface area contributed by atoms with Crippen LogP contribution < -0.4 is 0 Å². The van der Waals surface area contributed by atoms with Gasteiger partial charge in [-0.2, -0.15) is 0 Å². The lowest BCUT2D eigenvalue weighted by atomic mass is 9.40. The molecular weight excluding hydrogens is 580 g/mol. The molecule has 0 bridgehead atoms. The lowest BCUT2D eigenvalue weighted by Gasteiger charge is -2.64. The van der Waals surface area contributed by atoms with Gasteiger partial charge in [-0.3, -0.25) is 9.59 Å². The average Bonchev–Trinajstić information content (AvgIpc) is 3.08. The maximum absolute atomic E-state index is 13.7. The molecule has 0 spiro atoms. The zero-order valence-corrected chi connectivity index (χ0v) is 29.5. The van der Waals surface area contributed by atoms with Crippen LogP contribution in [0, 0.1) is 33.5 Å². The number of carbonyl (C=O) groups is 2. The van der Waals surface area contributed by atoms with E-state index in [2.05, 4.69) is 53.7 Å². The fourth-order valence-corrected chi connectivity index (χ4v) is 9.68. The van der Waals surface area contributed by atoms with Gasteiger partial charge in [0.1, 0.15) is 13.2 Å². The highest BCUT2D eigenvalue weighted by Gasteiger charge is 2.62. The Kier molecular flexibility index (Phi) is 8.78. The number of esters is 1. The molecule has 4 aliphatic rings. The van der Waals surface area contributed by atoms with Crippen molar-refractivity contribution in [1.29, 1.82) is 0 Å². The van der Waals surface area contributed by atoms with Crippen molar-refractivity contribution in [3.8, 4) is 0 Å². The first-order chi connectivity index (χ1) is 22.4. The second-order valence-corrected chi connectivity index (χ2v) is 15.7. The molecule has 0 N–H and O–H groups in total. The molecule has 0 aromatic heterocycles. The van der Waals surface area contributed by atoms with E-state index in [4.69, 9.17) is 9.47 Å². The molecule has 6 atom stereocenters. The van der Waals surface area contributed by atoms with Gasteiger partial charge in [0.2, 0.25) is 5.78 Å². The van der Waals surface area contributed by atoms with E-state index in [0.29, 0.717) is 30.8 Å². The molecule has 0 amide bonds. The van der Waals surface area contributed by atoms with Crippen LogP contribution in [0.3, 0.4) is 0 Å². The SMILES string of the molecule is CC[C@]1(C)C2=CC=C3C(=CC(=O)C(OCc4ccccc4)=C3C)[C@]2(C)CC[C@@]1(C)[C@@H]1C[C@](C)(C(=O)OCc2ccccc2)CC[C@H]1C. The third-order valence-corrected chi connectivity index (χ3v) is 13.1. The summed E-state index contributed by atoms with van der Waals surface area (Å²) in [5, 5.41) is 0. The minimum Gasteiger partial charge on any atom is -0.485 e. The van der Waals surface area contributed by atoms with Crippen LogP contribution >= 0.6 is 0 Å². The maximum Gasteiger partial charge on any atom is 0.312 e. The van der Waals surface area contributed by atoms with E-state index in [-0.39, 0.29) is 28.0 Å². The molecule has 248 valence electrons. The summed E-state index contributed by atoms with van der Waals surface area (Å²) in [6.07, 6.45) is 12.2. The van der Waals surface area contributed by atoms with Gasteiger partial charge in [-0.25, -0.2) is 0 Å². The minimum absolute atomic E-state index is 0.0205. The zero-order valence-electron chi connectivity index (χ0n) is 29.5. The number of ether oxygens (including phenoxy) is 2. The minimum atomic E-state index is -0.505. The van der Waals surface area contributed by atoms with E-state index in [1.165, 1.54) is 5.57 Å². The molecule has 4 nitrogen and oxygen atoms in total. The van der Waals surface area contributed by atoms with Crippen LogP contribution in [0.4, 0.5) is 0 Å². The summed E-state index contributed by atoms with van der Waals surface area (Å²) in [4.78, 5) is 27.4. The van der Waals surface area contributed by atoms with Crippen LogP contribution in [0.1, 0.15) is 98.1 Å². The summed E-state index contributed by atoms with van der Waals surface area (Å²) in [5.74, 6) is 1.23. The first kappa shape index (κ1) is 33.2. The van der Waals surface area contributed by atoms with Gasteiger partial charge in [-0.15, -0.1) is 0 Å². The fourth-order valence-electron chi connectivity index (χ4n) is 9.68. The smallest absolute Gasteiger partial charge is 0.312 e. The first-order valence-corrected chi connectivity index (χ1v) is 17.7. The van der Waals surface area contributed by atoms with Gasteiger partial charge in [0, 0.05) is 11.0 Å². The van der Waals surface area contributed by atoms with Crippen LogP contribution in [-0.4, -0.2) is 11.8 Å². The number of hydrogen-bond acceptors (Lipinski definition) is 4. The zero-order chi connectivity index (χ0) is 33.6. The second-order valence-electron chi connectivity index (χ2n) is 15.7. The monoisotopic (exact) mass is 632 g/mol. The van der Waals surface area contributed by atoms with E-state index >= 15 is 0 Å². The Morgan fingerprint density at radius 2 is 1.51 bits per heavy atom. The van der Waals surface area contributed by atoms with Crippen LogP contribution in [0.15, 0.2) is 107 Å². The number of allylic oxidation sites excluding steroid dienone is 7. The van der Waals surface area contributed by atoms with Crippen molar-refractivity contribution in [1.82, 2.24) is 0 Å². The topological polar surface area (TPSA) is 52.6 Å². The van der Waals surface area contributed by atoms with E-state index in [1.54, 1.807) is 0 Å². The highest BCUT2D eigenvalue weighted by atomic mass is 16.5. The Labute approximate surface area is 282 Å². The Balaban J connectivity index is 1.29. The van der Waals surface area contributed by atoms with Gasteiger partial charge >= 0.3 is 5.97 Å². The number of hydrogen-bond donors (Lipinski definition) is 0. The second kappa shape index (κ2) is 12.4. The third kappa shape index (κ3) is 5.56. The van der Waals surface area contributed by atoms with Gasteiger partial charge in [0.25, 0.3) is 0 Å². The third-order valence-electron chi connectivity index (χ3n) is 13.1. The predicted octanol–water partition coefficient (Wildman–Crippen LogP) is 10.3. The van der Waals surface area contributed by atoms with Crippen LogP contribution in [-0.2, 0) is 32.3 Å². The van der Waals surface area contributed by atoms with Crippen molar-refractivity contribution in [2.75, 3.05) is 0 Å². The van der Waals surface area contributed by atoms with Crippen molar-refractivity contribution in [3.63, 3.8) is 0 Å². The Bertz CT molecular complexity index is 1660. The van der Waals surface area contributed by atoms with Gasteiger partial charge in [-0.1, -0.05) is 113 Å². The van der Waals surface area contributed by atoms with Crippen LogP contribution in [0.2, 0.25) is 0 Å². The van der Waals surface area contributed by atoms with Gasteiger partial charge in [0.15, 0.2) is 5.76 Å². The summed E-state index contributed by atoms with van der Waals surface area (Å²) in [6.45, 7) is 16.9. The number of ketones is 1. The van der Waals surface area contributed by atoms with Crippen molar-refractivity contribution in [2.24, 2.45) is 33.5 Å². The molecule has 0 unspecified atom stereocenters. The molecule has 4 aliphatic carbocycles. The van der Waals surface area contributed by atoms with Crippen LogP contribution in [0.25, 0.3) is 0 Å². The lowest BCUT2D eigenvalue weighted by Crippen LogP contribution is -2.56. The molecule has 2 aromatic carbocycles. The first-order valence-electron chi connectivity index (χ1n) is 17.7. The Morgan fingerprint density at radius 3 is 2.15 bits per heavy atom. The molecule has 0 saturated heterocycles. The number of rotatable bonds is 8. The number of benzene rings is 2. The van der Waals surface area contributed by atoms with E-state index in [0.717, 1.165) is 66.4 Å². The molecule has 2 aromatic rings. The molecule has 0 radical (unpaired) electrons. The van der Waals surface area contributed by atoms with E-state index in [9.17, 15) is 9.59 Å². The number of fused-ring (bicyclic) bond motifs is 3. The van der Waals surface area contributed by atoms with Crippen molar-refractivity contribution in [2.45, 2.75) is 100 Å². The maximum atomic E-state index is 13.7. The molecule has 2 saturated carbocycles. The molecule has 0 heterocycles. The molecular formula is C43H52O4.